The van der Waals surface area contributed by atoms with Crippen LogP contribution < -0.4 is 5.56 Å². The molecule has 1 aliphatic heterocycles. The highest BCUT2D eigenvalue weighted by molar-refractivity contribution is 5.72. The van der Waals surface area contributed by atoms with E-state index in [0.717, 1.165) is 11.1 Å². The van der Waals surface area contributed by atoms with Gasteiger partial charge in [0.15, 0.2) is 0 Å². The molecule has 0 spiro atoms. The summed E-state index contributed by atoms with van der Waals surface area (Å²) < 4.78 is 12.0. The van der Waals surface area contributed by atoms with Crippen molar-refractivity contribution in [2.24, 2.45) is 5.92 Å². The third-order valence-electron chi connectivity index (χ3n) is 6.22. The fourth-order valence-electron chi connectivity index (χ4n) is 4.45. The lowest BCUT2D eigenvalue weighted by Crippen LogP contribution is -2.42. The lowest BCUT2D eigenvalue weighted by atomic mass is 9.91. The number of aryl methyl sites for hydroxylation is 2. The topological polar surface area (TPSA) is 81.0 Å². The number of hydrogen-bond donors (Lipinski definition) is 1. The Kier molecular flexibility index (Phi) is 8.10. The van der Waals surface area contributed by atoms with E-state index >= 15 is 0 Å². The van der Waals surface area contributed by atoms with Crippen molar-refractivity contribution in [3.05, 3.63) is 63.1 Å². The van der Waals surface area contributed by atoms with Gasteiger partial charge in [-0.3, -0.25) is 14.5 Å². The van der Waals surface area contributed by atoms with Crippen molar-refractivity contribution in [1.29, 1.82) is 0 Å². The molecule has 1 atom stereocenters. The largest absolute Gasteiger partial charge is 0.507 e. The molecule has 1 N–H and O–H groups in total. The monoisotopic (exact) mass is 442 g/mol. The number of methoxy groups -OCH3 is 1. The Balaban J connectivity index is 2.01. The number of aromatic nitrogens is 1. The normalized spacial score (nSPS) is 16.1. The molecule has 0 saturated carbocycles. The van der Waals surface area contributed by atoms with Crippen LogP contribution in [-0.2, 0) is 20.8 Å². The van der Waals surface area contributed by atoms with Gasteiger partial charge >= 0.3 is 5.97 Å². The molecule has 1 fully saturated rings. The quantitative estimate of drug-likeness (QED) is 0.633. The first kappa shape index (κ1) is 24.0. The Bertz CT molecular complexity index is 975. The summed E-state index contributed by atoms with van der Waals surface area (Å²) in [6.07, 6.45) is 1.32. The molecule has 1 saturated heterocycles. The van der Waals surface area contributed by atoms with Gasteiger partial charge in [0.05, 0.1) is 30.7 Å². The zero-order chi connectivity index (χ0) is 23.3. The maximum atomic E-state index is 13.5. The lowest BCUT2D eigenvalue weighted by Gasteiger charge is -2.37. The Morgan fingerprint density at radius 2 is 1.84 bits per heavy atom. The molecule has 1 aromatic heterocycles. The van der Waals surface area contributed by atoms with E-state index in [4.69, 9.17) is 9.47 Å². The molecular weight excluding hydrogens is 408 g/mol. The summed E-state index contributed by atoms with van der Waals surface area (Å²) in [5, 5.41) is 10.9. The summed E-state index contributed by atoms with van der Waals surface area (Å²) in [5.41, 5.74) is 2.92. The summed E-state index contributed by atoms with van der Waals surface area (Å²) in [6, 6.07) is 9.30. The molecule has 1 aliphatic rings. The summed E-state index contributed by atoms with van der Waals surface area (Å²) in [4.78, 5) is 27.9. The number of hydrogen-bond acceptors (Lipinski definition) is 6. The molecule has 3 rings (SSSR count). The highest BCUT2D eigenvalue weighted by atomic mass is 16.5. The fraction of sp³-hybridized carbons (Fsp3) is 0.520. The summed E-state index contributed by atoms with van der Waals surface area (Å²) >= 11 is 0. The van der Waals surface area contributed by atoms with Crippen LogP contribution in [0, 0.1) is 19.8 Å². The van der Waals surface area contributed by atoms with Crippen LogP contribution in [0.4, 0.5) is 0 Å². The SMILES string of the molecule is CCOC(=O)C1CCN([C@@H](c2ccc(C)cc2)c2c(O)cc(C)n(CCOC)c2=O)CC1. The number of aromatic hydroxyl groups is 1. The Hall–Kier alpha value is -2.64. The average Bonchev–Trinajstić information content (AvgIpc) is 2.77. The molecule has 0 bridgehead atoms. The maximum Gasteiger partial charge on any atom is 0.309 e. The van der Waals surface area contributed by atoms with Crippen LogP contribution in [-0.4, -0.2) is 54.0 Å². The summed E-state index contributed by atoms with van der Waals surface area (Å²) in [5.74, 6) is -0.284. The van der Waals surface area contributed by atoms with Gasteiger partial charge in [0.25, 0.3) is 5.56 Å². The van der Waals surface area contributed by atoms with Crippen molar-refractivity contribution in [3.8, 4) is 5.75 Å². The van der Waals surface area contributed by atoms with Crippen molar-refractivity contribution in [2.45, 2.75) is 46.2 Å². The number of carbonyl (C=O) groups is 1. The smallest absolute Gasteiger partial charge is 0.309 e. The number of ether oxygens (including phenoxy) is 2. The molecule has 0 amide bonds. The second-order valence-corrected chi connectivity index (χ2v) is 8.41. The van der Waals surface area contributed by atoms with E-state index in [1.165, 1.54) is 0 Å². The first-order chi connectivity index (χ1) is 15.4. The molecule has 0 aliphatic carbocycles. The van der Waals surface area contributed by atoms with Gasteiger partial charge in [0.2, 0.25) is 0 Å². The number of carbonyl (C=O) groups excluding carboxylic acids is 1. The number of rotatable bonds is 8. The van der Waals surface area contributed by atoms with Crippen molar-refractivity contribution >= 4 is 5.97 Å². The van der Waals surface area contributed by atoms with E-state index in [-0.39, 0.29) is 23.2 Å². The summed E-state index contributed by atoms with van der Waals surface area (Å²) in [6.45, 7) is 8.11. The Labute approximate surface area is 189 Å². The number of piperidine rings is 1. The third kappa shape index (κ3) is 5.22. The number of pyridine rings is 1. The van der Waals surface area contributed by atoms with Crippen LogP contribution in [0.1, 0.15) is 48.2 Å². The molecular formula is C25H34N2O5. The van der Waals surface area contributed by atoms with Gasteiger partial charge in [-0.2, -0.15) is 0 Å². The van der Waals surface area contributed by atoms with Crippen LogP contribution in [0.15, 0.2) is 35.1 Å². The van der Waals surface area contributed by atoms with Crippen LogP contribution in [0.2, 0.25) is 0 Å². The number of likely N-dealkylation sites (tertiary alicyclic amines) is 1. The number of esters is 1. The highest BCUT2D eigenvalue weighted by Crippen LogP contribution is 2.35. The first-order valence-electron chi connectivity index (χ1n) is 11.3. The van der Waals surface area contributed by atoms with E-state index in [2.05, 4.69) is 4.90 Å². The predicted octanol–water partition coefficient (Wildman–Crippen LogP) is 3.18. The van der Waals surface area contributed by atoms with Crippen LogP contribution in [0.5, 0.6) is 5.75 Å². The predicted molar refractivity (Wildman–Crippen MR) is 123 cm³/mol. The minimum absolute atomic E-state index is 0.000687. The minimum atomic E-state index is -0.402. The molecule has 2 heterocycles. The highest BCUT2D eigenvalue weighted by Gasteiger charge is 2.34. The van der Waals surface area contributed by atoms with Crippen LogP contribution in [0.3, 0.4) is 0 Å². The van der Waals surface area contributed by atoms with Crippen molar-refractivity contribution in [2.75, 3.05) is 33.4 Å². The lowest BCUT2D eigenvalue weighted by molar-refractivity contribution is -0.149. The van der Waals surface area contributed by atoms with Crippen LogP contribution >= 0.6 is 0 Å². The first-order valence-corrected chi connectivity index (χ1v) is 11.3. The maximum absolute atomic E-state index is 13.5. The molecule has 2 aromatic rings. The third-order valence-corrected chi connectivity index (χ3v) is 6.22. The number of benzene rings is 1. The number of nitrogens with zero attached hydrogens (tertiary/aromatic N) is 2. The fourth-order valence-corrected chi connectivity index (χ4v) is 4.45. The van der Waals surface area contributed by atoms with Crippen molar-refractivity contribution in [3.63, 3.8) is 0 Å². The van der Waals surface area contributed by atoms with Gasteiger partial charge in [-0.1, -0.05) is 29.8 Å². The van der Waals surface area contributed by atoms with Gasteiger partial charge in [-0.05, 0) is 58.3 Å². The van der Waals surface area contributed by atoms with Gasteiger partial charge in [0.1, 0.15) is 5.75 Å². The van der Waals surface area contributed by atoms with Gasteiger partial charge in [0, 0.05) is 19.3 Å². The Morgan fingerprint density at radius 3 is 2.44 bits per heavy atom. The minimum Gasteiger partial charge on any atom is -0.507 e. The molecule has 32 heavy (non-hydrogen) atoms. The molecule has 174 valence electrons. The van der Waals surface area contributed by atoms with Crippen molar-refractivity contribution in [1.82, 2.24) is 9.47 Å². The molecule has 0 radical (unpaired) electrons. The van der Waals surface area contributed by atoms with E-state index in [1.807, 2.05) is 45.0 Å². The van der Waals surface area contributed by atoms with Crippen molar-refractivity contribution < 1.29 is 19.4 Å². The molecule has 0 unspecified atom stereocenters. The van der Waals surface area contributed by atoms with Gasteiger partial charge < -0.3 is 19.1 Å². The zero-order valence-corrected chi connectivity index (χ0v) is 19.5. The molecule has 7 nitrogen and oxygen atoms in total. The second kappa shape index (κ2) is 10.8. The molecule has 1 aromatic carbocycles. The van der Waals surface area contributed by atoms with Gasteiger partial charge in [-0.25, -0.2) is 0 Å². The zero-order valence-electron chi connectivity index (χ0n) is 19.5. The molecule has 7 heteroatoms. The van der Waals surface area contributed by atoms with E-state index in [1.54, 1.807) is 17.7 Å². The van der Waals surface area contributed by atoms with Gasteiger partial charge in [-0.15, -0.1) is 0 Å². The second-order valence-electron chi connectivity index (χ2n) is 8.41. The standard InChI is InChI=1S/C25H34N2O5/c1-5-32-25(30)20-10-12-26(13-11-20)23(19-8-6-17(2)7-9-19)22-21(28)16-18(3)27(24(22)29)14-15-31-4/h6-9,16,20,23,28H,5,10-15H2,1-4H3/t23-/m0/s1. The van der Waals surface area contributed by atoms with E-state index < -0.39 is 6.04 Å². The van der Waals surface area contributed by atoms with E-state index in [9.17, 15) is 14.7 Å². The average molecular weight is 443 g/mol. The van der Waals surface area contributed by atoms with Crippen LogP contribution in [0.25, 0.3) is 0 Å². The Morgan fingerprint density at radius 1 is 1.19 bits per heavy atom. The van der Waals surface area contributed by atoms with E-state index in [0.29, 0.717) is 56.9 Å². The summed E-state index contributed by atoms with van der Waals surface area (Å²) in [7, 11) is 1.60.